The second kappa shape index (κ2) is 15.0. The fourth-order valence-electron chi connectivity index (χ4n) is 6.35. The average Bonchev–Trinajstić information content (AvgIpc) is 3.83. The molecule has 0 amide bonds. The summed E-state index contributed by atoms with van der Waals surface area (Å²) < 4.78 is 42.3. The van der Waals surface area contributed by atoms with Crippen LogP contribution < -0.4 is 5.32 Å². The smallest absolute Gasteiger partial charge is 0.382 e. The molecule has 6 nitrogen and oxygen atoms in total. The van der Waals surface area contributed by atoms with Crippen LogP contribution in [-0.4, -0.2) is 25.6 Å². The molecule has 2 N–H and O–H groups in total. The minimum absolute atomic E-state index is 0.0299. The lowest BCUT2D eigenvalue weighted by atomic mass is 9.77. The third kappa shape index (κ3) is 7.47. The number of alkyl halides is 3. The summed E-state index contributed by atoms with van der Waals surface area (Å²) in [5.41, 5.74) is 4.30. The minimum atomic E-state index is -4.55. The number of nitrogens with zero attached hydrogens (tertiary/aromatic N) is 4. The van der Waals surface area contributed by atoms with E-state index in [0.29, 0.717) is 12.1 Å². The fourth-order valence-corrected chi connectivity index (χ4v) is 6.78. The van der Waals surface area contributed by atoms with Crippen molar-refractivity contribution in [2.75, 3.05) is 5.32 Å². The van der Waals surface area contributed by atoms with Gasteiger partial charge in [-0.1, -0.05) is 97.1 Å². The molecule has 0 radical (unpaired) electrons. The summed E-state index contributed by atoms with van der Waals surface area (Å²) in [5.74, 6) is 0. The molecule has 0 fully saturated rings. The highest BCUT2D eigenvalue weighted by Gasteiger charge is 2.38. The number of benzene rings is 4. The first-order valence-electron chi connectivity index (χ1n) is 15.7. The highest BCUT2D eigenvalue weighted by Crippen LogP contribution is 2.41. The van der Waals surface area contributed by atoms with Crippen LogP contribution in [0.5, 0.6) is 0 Å². The van der Waals surface area contributed by atoms with Gasteiger partial charge in [-0.15, -0.1) is 0 Å². The molecule has 0 spiro atoms. The monoisotopic (exact) mass is 768 g/mol. The van der Waals surface area contributed by atoms with Crippen LogP contribution >= 0.6 is 22.6 Å². The zero-order valence-corrected chi connectivity index (χ0v) is 28.4. The van der Waals surface area contributed by atoms with Crippen LogP contribution in [0.1, 0.15) is 52.8 Å². The molecule has 1 aliphatic rings. The Labute approximate surface area is 296 Å². The van der Waals surface area contributed by atoms with Gasteiger partial charge in [-0.3, -0.25) is 0 Å². The van der Waals surface area contributed by atoms with Crippen molar-refractivity contribution in [1.82, 2.24) is 19.5 Å². The summed E-state index contributed by atoms with van der Waals surface area (Å²) in [5, 5.41) is 12.0. The van der Waals surface area contributed by atoms with E-state index >= 15 is 0 Å². The van der Waals surface area contributed by atoms with E-state index in [1.54, 1.807) is 18.6 Å². The van der Waals surface area contributed by atoms with Crippen LogP contribution in [0.25, 0.3) is 5.57 Å². The number of halogens is 4. The third-order valence-electron chi connectivity index (χ3n) is 8.55. The maximum atomic E-state index is 13.0. The number of rotatable bonds is 7. The molecule has 1 aliphatic carbocycles. The van der Waals surface area contributed by atoms with Crippen molar-refractivity contribution in [3.63, 3.8) is 0 Å². The summed E-state index contributed by atoms with van der Waals surface area (Å²) in [6.45, 7) is 0. The van der Waals surface area contributed by atoms with Gasteiger partial charge < -0.3 is 14.9 Å². The molecule has 1 atom stereocenters. The highest BCUT2D eigenvalue weighted by molar-refractivity contribution is 14.1. The Morgan fingerprint density at radius 3 is 1.98 bits per heavy atom. The van der Waals surface area contributed by atoms with Crippen LogP contribution in [0, 0.1) is 15.0 Å². The van der Waals surface area contributed by atoms with Gasteiger partial charge >= 0.3 is 6.18 Å². The van der Waals surface area contributed by atoms with Gasteiger partial charge in [0.15, 0.2) is 0 Å². The number of imidazole rings is 2. The van der Waals surface area contributed by atoms with Gasteiger partial charge in [-0.25, -0.2) is 9.97 Å². The summed E-state index contributed by atoms with van der Waals surface area (Å²) >= 11 is 2.27. The molecule has 0 bridgehead atoms. The largest absolute Gasteiger partial charge is 0.417 e. The van der Waals surface area contributed by atoms with Gasteiger partial charge in [-0.05, 0) is 82.3 Å². The van der Waals surface area contributed by atoms with Crippen molar-refractivity contribution in [2.24, 2.45) is 0 Å². The Balaban J connectivity index is 0.000000170. The van der Waals surface area contributed by atoms with Crippen molar-refractivity contribution in [3.8, 4) is 6.07 Å². The number of allylic oxidation sites excluding steroid dienone is 1. The summed E-state index contributed by atoms with van der Waals surface area (Å²) in [6, 6.07) is 37.2. The zero-order valence-electron chi connectivity index (χ0n) is 26.3. The predicted octanol–water partition coefficient (Wildman–Crippen LogP) is 9.68. The molecule has 10 heteroatoms. The van der Waals surface area contributed by atoms with Crippen molar-refractivity contribution in [2.45, 2.75) is 37.0 Å². The second-order valence-electron chi connectivity index (χ2n) is 11.6. The van der Waals surface area contributed by atoms with Crippen LogP contribution in [-0.2, 0) is 11.7 Å². The first kappa shape index (κ1) is 33.7. The van der Waals surface area contributed by atoms with Gasteiger partial charge in [0.2, 0.25) is 0 Å². The molecule has 1 unspecified atom stereocenters. The van der Waals surface area contributed by atoms with Gasteiger partial charge in [0.25, 0.3) is 0 Å². The Bertz CT molecular complexity index is 1940. The van der Waals surface area contributed by atoms with Crippen molar-refractivity contribution in [1.29, 1.82) is 5.26 Å². The summed E-state index contributed by atoms with van der Waals surface area (Å²) in [7, 11) is 0. The average molecular weight is 769 g/mol. The minimum Gasteiger partial charge on any atom is -0.382 e. The number of hydrogen-bond acceptors (Lipinski definition) is 4. The van der Waals surface area contributed by atoms with Gasteiger partial charge in [-0.2, -0.15) is 18.4 Å². The highest BCUT2D eigenvalue weighted by atomic mass is 127. The van der Waals surface area contributed by atoms with E-state index in [2.05, 4.69) is 151 Å². The molecule has 4 aromatic carbocycles. The van der Waals surface area contributed by atoms with E-state index in [4.69, 9.17) is 5.26 Å². The lowest BCUT2D eigenvalue weighted by molar-refractivity contribution is -0.137. The molecule has 49 heavy (non-hydrogen) atoms. The van der Waals surface area contributed by atoms with Gasteiger partial charge in [0, 0.05) is 17.9 Å². The molecule has 7 rings (SSSR count). The number of hydrogen-bond donors (Lipinski definition) is 2. The first-order valence-corrected chi connectivity index (χ1v) is 16.8. The maximum Gasteiger partial charge on any atom is 0.417 e. The molecule has 6 aromatic rings. The molecule has 2 aromatic heterocycles. The normalized spacial score (nSPS) is 14.6. The van der Waals surface area contributed by atoms with Crippen molar-refractivity contribution >= 4 is 33.9 Å². The van der Waals surface area contributed by atoms with E-state index in [0.717, 1.165) is 33.9 Å². The molecule has 246 valence electrons. The standard InChI is InChI=1S/C22H17IN2.C17H15F3N4/c23-21-16-25(17-24-21)22(18-10-4-1-5-11-18,19-12-6-2-7-13-19)20-14-8-3-9-15-20;18-17(19,20)15-7-14(5-4-12(15)8-21)24-13-3-1-2-11(6-13)16-9-22-10-23-16/h1-17H;2,4-5,7,9-10,13,24H,1,3,6H2,(H,22,23). The quantitative estimate of drug-likeness (QED) is 0.125. The van der Waals surface area contributed by atoms with Crippen molar-refractivity contribution < 1.29 is 13.2 Å². The number of nitriles is 1. The Kier molecular flexibility index (Phi) is 10.3. The van der Waals surface area contributed by atoms with E-state index in [9.17, 15) is 13.2 Å². The van der Waals surface area contributed by atoms with E-state index in [1.165, 1.54) is 28.8 Å². The maximum absolute atomic E-state index is 13.0. The number of aromatic amines is 1. The van der Waals surface area contributed by atoms with Crippen LogP contribution in [0.3, 0.4) is 0 Å². The topological polar surface area (TPSA) is 82.3 Å². The van der Waals surface area contributed by atoms with E-state index in [1.807, 2.05) is 6.33 Å². The molecule has 0 saturated carbocycles. The number of nitrogens with one attached hydrogen (secondary N) is 2. The third-order valence-corrected chi connectivity index (χ3v) is 9.10. The van der Waals surface area contributed by atoms with Gasteiger partial charge in [0.1, 0.15) is 9.24 Å². The van der Waals surface area contributed by atoms with Crippen LogP contribution in [0.2, 0.25) is 0 Å². The molecular weight excluding hydrogens is 736 g/mol. The summed E-state index contributed by atoms with van der Waals surface area (Å²) in [6.07, 6.45) is 7.31. The molecule has 0 saturated heterocycles. The fraction of sp³-hybridized carbons (Fsp3) is 0.154. The molecular formula is C39H32F3IN6. The number of H-pyrrole nitrogens is 1. The van der Waals surface area contributed by atoms with Crippen LogP contribution in [0.15, 0.2) is 140 Å². The molecule has 0 aliphatic heterocycles. The van der Waals surface area contributed by atoms with Crippen LogP contribution in [0.4, 0.5) is 18.9 Å². The summed E-state index contributed by atoms with van der Waals surface area (Å²) in [4.78, 5) is 11.5. The SMILES string of the molecule is Ic1cn(C(c2ccccc2)(c2ccccc2)c2ccccc2)cn1.N#Cc1ccc(NC2CCC=C(c3cnc[nH]3)C2)cc1C(F)(F)F. The predicted molar refractivity (Wildman–Crippen MR) is 194 cm³/mol. The second-order valence-corrected chi connectivity index (χ2v) is 12.7. The Morgan fingerprint density at radius 2 is 1.49 bits per heavy atom. The lowest BCUT2D eigenvalue weighted by Gasteiger charge is -2.37. The Morgan fingerprint density at radius 1 is 0.878 bits per heavy atom. The van der Waals surface area contributed by atoms with Gasteiger partial charge in [0.05, 0.1) is 41.7 Å². The number of anilines is 1. The van der Waals surface area contributed by atoms with E-state index < -0.39 is 17.3 Å². The first-order chi connectivity index (χ1) is 23.8. The zero-order chi connectivity index (χ0) is 34.3. The lowest BCUT2D eigenvalue weighted by Crippen LogP contribution is -2.36. The van der Waals surface area contributed by atoms with Crippen molar-refractivity contribution in [3.05, 3.63) is 178 Å². The molecule has 2 heterocycles. The van der Waals surface area contributed by atoms with E-state index in [-0.39, 0.29) is 11.6 Å². The Hall–Kier alpha value is -5.15. The number of aromatic nitrogens is 4.